The van der Waals surface area contributed by atoms with E-state index >= 15 is 0 Å². The van der Waals surface area contributed by atoms with E-state index in [9.17, 15) is 5.11 Å². The van der Waals surface area contributed by atoms with Crippen molar-refractivity contribution in [2.75, 3.05) is 7.11 Å². The molecule has 0 saturated heterocycles. The van der Waals surface area contributed by atoms with Crippen molar-refractivity contribution in [3.8, 4) is 11.3 Å². The van der Waals surface area contributed by atoms with Gasteiger partial charge in [0.25, 0.3) is 0 Å². The number of aliphatic hydroxyl groups is 1. The summed E-state index contributed by atoms with van der Waals surface area (Å²) in [4.78, 5) is 11.2. The standard InChI is InChI=1S/C20H20N4O2S/c1-24-10-14-5-13(9-21-19(14)23-24)16-4-3-11-8-17(27-20(11)22-16)18(25)12-6-15(7-12)26-2/h3-5,8-10,12,15,18,25H,6-7H2,1-2H3/t12-,15+,18-/m1/s1. The number of aliphatic hydroxyl groups excluding tert-OH is 1. The molecule has 0 radical (unpaired) electrons. The number of fused-ring (bicyclic) bond motifs is 2. The van der Waals surface area contributed by atoms with Gasteiger partial charge >= 0.3 is 0 Å². The topological polar surface area (TPSA) is 73.1 Å². The molecule has 4 aromatic heterocycles. The van der Waals surface area contributed by atoms with E-state index in [1.165, 1.54) is 0 Å². The lowest BCUT2D eigenvalue weighted by Gasteiger charge is -2.36. The highest BCUT2D eigenvalue weighted by Gasteiger charge is 2.35. The van der Waals surface area contributed by atoms with Gasteiger partial charge in [-0.05, 0) is 43.0 Å². The van der Waals surface area contributed by atoms with Crippen molar-refractivity contribution in [2.24, 2.45) is 13.0 Å². The highest BCUT2D eigenvalue weighted by Crippen LogP contribution is 2.42. The number of methoxy groups -OCH3 is 1. The molecule has 1 fully saturated rings. The Kier molecular flexibility index (Phi) is 3.96. The third kappa shape index (κ3) is 2.92. The molecule has 0 unspecified atom stereocenters. The largest absolute Gasteiger partial charge is 0.387 e. The van der Waals surface area contributed by atoms with Gasteiger partial charge in [0, 0.05) is 47.8 Å². The van der Waals surface area contributed by atoms with E-state index in [0.29, 0.717) is 6.10 Å². The van der Waals surface area contributed by atoms with Crippen LogP contribution in [0.2, 0.25) is 0 Å². The molecule has 0 aromatic carbocycles. The van der Waals surface area contributed by atoms with E-state index < -0.39 is 6.10 Å². The van der Waals surface area contributed by atoms with Crippen molar-refractivity contribution in [2.45, 2.75) is 25.0 Å². The second-order valence-corrected chi connectivity index (χ2v) is 8.28. The van der Waals surface area contributed by atoms with Gasteiger partial charge in [-0.25, -0.2) is 9.97 Å². The van der Waals surface area contributed by atoms with E-state index in [1.807, 2.05) is 25.5 Å². The lowest BCUT2D eigenvalue weighted by Crippen LogP contribution is -2.34. The lowest BCUT2D eigenvalue weighted by molar-refractivity contribution is -0.0501. The average molecular weight is 380 g/mol. The Morgan fingerprint density at radius 3 is 2.93 bits per heavy atom. The molecule has 4 heterocycles. The summed E-state index contributed by atoms with van der Waals surface area (Å²) < 4.78 is 7.09. The fourth-order valence-electron chi connectivity index (χ4n) is 3.71. The number of nitrogens with zero attached hydrogens (tertiary/aromatic N) is 4. The molecule has 1 aliphatic rings. The van der Waals surface area contributed by atoms with Crippen LogP contribution in [0, 0.1) is 5.92 Å². The molecular weight excluding hydrogens is 360 g/mol. The second kappa shape index (κ2) is 6.37. The molecule has 0 bridgehead atoms. The molecule has 4 aromatic rings. The van der Waals surface area contributed by atoms with Gasteiger partial charge in [-0.3, -0.25) is 4.68 Å². The van der Waals surface area contributed by atoms with E-state index in [4.69, 9.17) is 9.72 Å². The first-order chi connectivity index (χ1) is 13.1. The first-order valence-electron chi connectivity index (χ1n) is 9.02. The Morgan fingerprint density at radius 2 is 2.11 bits per heavy atom. The monoisotopic (exact) mass is 380 g/mol. The molecule has 7 heteroatoms. The summed E-state index contributed by atoms with van der Waals surface area (Å²) in [5, 5.41) is 17.0. The van der Waals surface area contributed by atoms with Crippen LogP contribution in [-0.4, -0.2) is 38.1 Å². The minimum atomic E-state index is -0.438. The van der Waals surface area contributed by atoms with Crippen molar-refractivity contribution in [3.05, 3.63) is 41.5 Å². The van der Waals surface area contributed by atoms with Crippen molar-refractivity contribution in [3.63, 3.8) is 0 Å². The van der Waals surface area contributed by atoms with Crippen molar-refractivity contribution >= 4 is 32.6 Å². The molecule has 1 N–H and O–H groups in total. The maximum Gasteiger partial charge on any atom is 0.181 e. The van der Waals surface area contributed by atoms with Gasteiger partial charge in [0.2, 0.25) is 0 Å². The molecule has 27 heavy (non-hydrogen) atoms. The van der Waals surface area contributed by atoms with E-state index in [0.717, 1.165) is 50.2 Å². The Labute approximate surface area is 160 Å². The smallest absolute Gasteiger partial charge is 0.181 e. The quantitative estimate of drug-likeness (QED) is 0.584. The number of ether oxygens (including phenoxy) is 1. The minimum Gasteiger partial charge on any atom is -0.387 e. The zero-order valence-corrected chi connectivity index (χ0v) is 16.0. The van der Waals surface area contributed by atoms with Crippen molar-refractivity contribution in [1.82, 2.24) is 19.7 Å². The summed E-state index contributed by atoms with van der Waals surface area (Å²) in [5.41, 5.74) is 2.58. The summed E-state index contributed by atoms with van der Waals surface area (Å²) >= 11 is 1.57. The van der Waals surface area contributed by atoms with Crippen LogP contribution in [0.25, 0.3) is 32.5 Å². The van der Waals surface area contributed by atoms with Crippen LogP contribution >= 0.6 is 11.3 Å². The van der Waals surface area contributed by atoms with Gasteiger partial charge in [0.15, 0.2) is 5.65 Å². The average Bonchev–Trinajstić information content (AvgIpc) is 3.21. The van der Waals surface area contributed by atoms with Crippen LogP contribution in [0.15, 0.2) is 36.7 Å². The highest BCUT2D eigenvalue weighted by atomic mass is 32.1. The first kappa shape index (κ1) is 16.8. The van der Waals surface area contributed by atoms with E-state index in [2.05, 4.69) is 28.3 Å². The highest BCUT2D eigenvalue weighted by molar-refractivity contribution is 7.18. The molecule has 6 nitrogen and oxygen atoms in total. The van der Waals surface area contributed by atoms with Gasteiger partial charge in [0.1, 0.15) is 4.83 Å². The molecule has 0 amide bonds. The molecular formula is C20H20N4O2S. The molecule has 1 aliphatic carbocycles. The van der Waals surface area contributed by atoms with Gasteiger partial charge in [-0.2, -0.15) is 5.10 Å². The Balaban J connectivity index is 1.46. The number of hydrogen-bond acceptors (Lipinski definition) is 6. The number of rotatable bonds is 4. The van der Waals surface area contributed by atoms with Crippen LogP contribution in [0.5, 0.6) is 0 Å². The van der Waals surface area contributed by atoms with Crippen LogP contribution in [0.4, 0.5) is 0 Å². The number of hydrogen-bond donors (Lipinski definition) is 1. The third-order valence-electron chi connectivity index (χ3n) is 5.37. The van der Waals surface area contributed by atoms with Crippen molar-refractivity contribution < 1.29 is 9.84 Å². The van der Waals surface area contributed by atoms with E-state index in [-0.39, 0.29) is 5.92 Å². The second-order valence-electron chi connectivity index (χ2n) is 7.21. The van der Waals surface area contributed by atoms with Crippen LogP contribution < -0.4 is 0 Å². The lowest BCUT2D eigenvalue weighted by atomic mass is 9.78. The van der Waals surface area contributed by atoms with Gasteiger partial charge < -0.3 is 9.84 Å². The fourth-order valence-corrected chi connectivity index (χ4v) is 4.82. The third-order valence-corrected chi connectivity index (χ3v) is 6.49. The normalized spacial score (nSPS) is 20.9. The van der Waals surface area contributed by atoms with Crippen LogP contribution in [-0.2, 0) is 11.8 Å². The molecule has 0 aliphatic heterocycles. The summed E-state index contributed by atoms with van der Waals surface area (Å²) in [6.07, 6.45) is 5.45. The zero-order chi connectivity index (χ0) is 18.5. The molecule has 5 rings (SSSR count). The number of aryl methyl sites for hydroxylation is 1. The van der Waals surface area contributed by atoms with Gasteiger partial charge in [0.05, 0.1) is 17.9 Å². The number of pyridine rings is 2. The van der Waals surface area contributed by atoms with E-state index in [1.54, 1.807) is 23.1 Å². The Bertz CT molecular complexity index is 1130. The van der Waals surface area contributed by atoms with Crippen molar-refractivity contribution in [1.29, 1.82) is 0 Å². The van der Waals surface area contributed by atoms with Gasteiger partial charge in [-0.15, -0.1) is 11.3 Å². The summed E-state index contributed by atoms with van der Waals surface area (Å²) in [7, 11) is 3.62. The minimum absolute atomic E-state index is 0.277. The van der Waals surface area contributed by atoms with Crippen LogP contribution in [0.3, 0.4) is 0 Å². The summed E-state index contributed by atoms with van der Waals surface area (Å²) in [5.74, 6) is 0.277. The molecule has 1 saturated carbocycles. The molecule has 138 valence electrons. The van der Waals surface area contributed by atoms with Crippen LogP contribution in [0.1, 0.15) is 23.8 Å². The summed E-state index contributed by atoms with van der Waals surface area (Å²) in [6.45, 7) is 0. The number of aromatic nitrogens is 4. The summed E-state index contributed by atoms with van der Waals surface area (Å²) in [6, 6.07) is 8.20. The maximum atomic E-state index is 10.7. The Hall–Kier alpha value is -2.35. The molecule has 0 spiro atoms. The Morgan fingerprint density at radius 1 is 1.26 bits per heavy atom. The molecule has 1 atom stereocenters. The SMILES string of the molecule is CO[C@H]1C[C@@H]([C@@H](O)c2cc3ccc(-c4cnc5nn(C)cc5c4)nc3s2)C1. The first-order valence-corrected chi connectivity index (χ1v) is 9.83. The zero-order valence-electron chi connectivity index (χ0n) is 15.2. The maximum absolute atomic E-state index is 10.7. The fraction of sp³-hybridized carbons (Fsp3) is 0.350. The predicted octanol–water partition coefficient (Wildman–Crippen LogP) is 3.70. The van der Waals surface area contributed by atoms with Gasteiger partial charge in [-0.1, -0.05) is 0 Å². The predicted molar refractivity (Wildman–Crippen MR) is 106 cm³/mol. The number of thiophene rings is 1.